The van der Waals surface area contributed by atoms with Gasteiger partial charge in [0, 0.05) is 31.9 Å². The Kier molecular flexibility index (Phi) is 26.8. The van der Waals surface area contributed by atoms with E-state index < -0.39 is 21.9 Å². The number of nitrogens with zero attached hydrogens (tertiary/aromatic N) is 4. The number of anilines is 2. The number of carbonyl (C=O) groups is 2. The van der Waals surface area contributed by atoms with Crippen molar-refractivity contribution in [1.29, 1.82) is 0 Å². The van der Waals surface area contributed by atoms with Crippen molar-refractivity contribution in [2.24, 2.45) is 4.99 Å². The molecule has 0 aliphatic carbocycles. The van der Waals surface area contributed by atoms with Gasteiger partial charge in [0.25, 0.3) is 11.5 Å². The summed E-state index contributed by atoms with van der Waals surface area (Å²) in [5.74, 6) is -0.873. The number of para-hydroxylation sites is 1. The van der Waals surface area contributed by atoms with E-state index >= 15 is 0 Å². The number of aryl methyl sites for hydroxylation is 1. The number of esters is 1. The van der Waals surface area contributed by atoms with Gasteiger partial charge in [-0.3, -0.25) is 9.59 Å². The van der Waals surface area contributed by atoms with Crippen molar-refractivity contribution in [3.8, 4) is 5.75 Å². The van der Waals surface area contributed by atoms with E-state index in [0.29, 0.717) is 48.6 Å². The fraction of sp³-hybridized carbons (Fsp3) is 0.589. The molecule has 0 saturated heterocycles. The van der Waals surface area contributed by atoms with Gasteiger partial charge in [0.05, 0.1) is 47.8 Å². The molecule has 0 aliphatic rings. The maximum absolute atomic E-state index is 14.9. The predicted molar refractivity (Wildman–Crippen MR) is 293 cm³/mol. The second-order valence-electron chi connectivity index (χ2n) is 18.8. The zero-order valence-electron chi connectivity index (χ0n) is 43.9. The third-order valence-corrected chi connectivity index (χ3v) is 13.6. The zero-order valence-corrected chi connectivity index (χ0v) is 44.7. The largest absolute Gasteiger partial charge is 0.495 e. The van der Waals surface area contributed by atoms with Gasteiger partial charge < -0.3 is 25.1 Å². The van der Waals surface area contributed by atoms with Gasteiger partial charge in [0.15, 0.2) is 11.5 Å². The maximum Gasteiger partial charge on any atom is 0.338 e. The third-order valence-electron chi connectivity index (χ3n) is 12.8. The number of ether oxygens (including phenoxy) is 2. The average Bonchev–Trinajstić information content (AvgIpc) is 3.35. The number of likely N-dealkylation sites (N-methyl/N-ethyl adjacent to an activating group) is 1. The molecule has 1 heterocycles. The van der Waals surface area contributed by atoms with Gasteiger partial charge in [0.2, 0.25) is 10.0 Å². The minimum Gasteiger partial charge on any atom is -0.495 e. The first-order valence-corrected chi connectivity index (χ1v) is 28.6. The van der Waals surface area contributed by atoms with Crippen LogP contribution in [0.4, 0.5) is 17.1 Å². The minimum atomic E-state index is -3.35. The molecule has 0 fully saturated rings. The molecule has 71 heavy (non-hydrogen) atoms. The number of rotatable bonds is 37. The van der Waals surface area contributed by atoms with Crippen LogP contribution in [0.3, 0.4) is 0 Å². The molecule has 1 amide bonds. The lowest BCUT2D eigenvalue weighted by molar-refractivity contribution is -0.110. The number of methoxy groups -OCH3 is 1. The molecular formula is C56H85N7O7S. The van der Waals surface area contributed by atoms with Crippen molar-refractivity contribution in [3.05, 3.63) is 88.0 Å². The Morgan fingerprint density at radius 2 is 1.32 bits per heavy atom. The molecule has 4 aromatic rings. The average molecular weight is 1000 g/mol. The van der Waals surface area contributed by atoms with E-state index in [9.17, 15) is 22.8 Å². The topological polar surface area (TPSA) is 173 Å². The van der Waals surface area contributed by atoms with Crippen molar-refractivity contribution in [3.63, 3.8) is 0 Å². The summed E-state index contributed by atoms with van der Waals surface area (Å²) in [4.78, 5) is 54.6. The lowest BCUT2D eigenvalue weighted by Gasteiger charge is -2.24. The highest BCUT2D eigenvalue weighted by Gasteiger charge is 2.25. The summed E-state index contributed by atoms with van der Waals surface area (Å²) in [6.07, 6.45) is 27.3. The van der Waals surface area contributed by atoms with Crippen molar-refractivity contribution >= 4 is 55.6 Å². The van der Waals surface area contributed by atoms with E-state index in [1.54, 1.807) is 42.5 Å². The monoisotopic (exact) mass is 1000 g/mol. The van der Waals surface area contributed by atoms with Gasteiger partial charge in [-0.2, -0.15) is 0 Å². The fourth-order valence-electron chi connectivity index (χ4n) is 8.67. The lowest BCUT2D eigenvalue weighted by atomic mass is 10.1. The van der Waals surface area contributed by atoms with Crippen LogP contribution in [0.5, 0.6) is 5.75 Å². The highest BCUT2D eigenvalue weighted by atomic mass is 32.2. The first kappa shape index (κ1) is 58.3. The number of unbranched alkanes of at least 4 members (excludes halogenated alkanes) is 20. The van der Waals surface area contributed by atoms with E-state index in [1.807, 2.05) is 30.9 Å². The number of amides is 1. The Balaban J connectivity index is 1.59. The first-order valence-electron chi connectivity index (χ1n) is 26.7. The summed E-state index contributed by atoms with van der Waals surface area (Å²) in [5, 5.41) is 3.33. The van der Waals surface area contributed by atoms with E-state index in [-0.39, 0.29) is 34.9 Å². The van der Waals surface area contributed by atoms with Crippen LogP contribution in [0.2, 0.25) is 0 Å². The van der Waals surface area contributed by atoms with Gasteiger partial charge in [-0.1, -0.05) is 154 Å². The van der Waals surface area contributed by atoms with Crippen molar-refractivity contribution in [1.82, 2.24) is 14.4 Å². The highest BCUT2D eigenvalue weighted by molar-refractivity contribution is 7.88. The summed E-state index contributed by atoms with van der Waals surface area (Å²) in [6.45, 7) is 10.4. The zero-order chi connectivity index (χ0) is 51.3. The number of nitrogens with one attached hydrogen (secondary N) is 3. The molecule has 3 N–H and O–H groups in total. The molecule has 15 heteroatoms. The SMILES string of the molecule is CCCCCCCCCCCCCCOC(=O)c1ccc(OC)c(NC(=O)C(=Nc2ccc(N(CC)CCNS(C)(=O)=O)cc2C)c2nc3ccccc3c(=O)n2NCCCCCCCCCCCC)c1. The standard InChI is InChI=1S/C56H85N7O7S/c1-7-10-12-14-16-18-20-21-23-25-27-31-41-70-56(66)45-34-37-51(69-5)50(43-45)61-54(64)52(59-48-36-35-46(42-44(48)4)62(9-3)40-39-58-71(6,67)68)53-60-49-33-29-28-32-47(49)55(65)63(53)57-38-30-26-24-22-19-17-15-13-11-8-2/h28-29,32-37,42-43,57-58H,7-27,30-31,38-41H2,1-6H3,(H,61,64). The number of carbonyl (C=O) groups excluding carboxylic acids is 2. The summed E-state index contributed by atoms with van der Waals surface area (Å²) in [7, 11) is -1.88. The molecular weight excluding hydrogens is 915 g/mol. The molecule has 4 rings (SSSR count). The maximum atomic E-state index is 14.9. The molecule has 0 bridgehead atoms. The highest BCUT2D eigenvalue weighted by Crippen LogP contribution is 2.29. The third kappa shape index (κ3) is 20.8. The number of aromatic nitrogens is 2. The molecule has 0 aliphatic heterocycles. The van der Waals surface area contributed by atoms with Crippen molar-refractivity contribution < 1.29 is 27.5 Å². The van der Waals surface area contributed by atoms with Gasteiger partial charge in [-0.05, 0) is 80.8 Å². The van der Waals surface area contributed by atoms with Gasteiger partial charge in [-0.15, -0.1) is 0 Å². The smallest absolute Gasteiger partial charge is 0.338 e. The van der Waals surface area contributed by atoms with Crippen molar-refractivity contribution in [2.75, 3.05) is 61.8 Å². The Labute approximate surface area is 425 Å². The number of sulfonamides is 1. The van der Waals surface area contributed by atoms with E-state index in [2.05, 4.69) is 29.3 Å². The molecule has 14 nitrogen and oxygen atoms in total. The van der Waals surface area contributed by atoms with Gasteiger partial charge in [-0.25, -0.2) is 32.6 Å². The second kappa shape index (κ2) is 32.6. The van der Waals surface area contributed by atoms with E-state index in [4.69, 9.17) is 19.5 Å². The van der Waals surface area contributed by atoms with Crippen LogP contribution in [0.15, 0.2) is 70.5 Å². The molecule has 392 valence electrons. The molecule has 0 spiro atoms. The lowest BCUT2D eigenvalue weighted by Crippen LogP contribution is -2.38. The Hall–Kier alpha value is -5.28. The number of hydrogen-bond acceptors (Lipinski definition) is 11. The fourth-order valence-corrected chi connectivity index (χ4v) is 9.13. The van der Waals surface area contributed by atoms with Crippen LogP contribution in [0.25, 0.3) is 10.9 Å². The summed E-state index contributed by atoms with van der Waals surface area (Å²) >= 11 is 0. The Morgan fingerprint density at radius 3 is 1.90 bits per heavy atom. The van der Waals surface area contributed by atoms with Crippen LogP contribution < -0.4 is 30.7 Å². The van der Waals surface area contributed by atoms with E-state index in [0.717, 1.165) is 56.0 Å². The second-order valence-corrected chi connectivity index (χ2v) is 20.6. The molecule has 1 aromatic heterocycles. The Bertz CT molecular complexity index is 2440. The summed E-state index contributed by atoms with van der Waals surface area (Å²) in [6, 6.07) is 17.3. The first-order chi connectivity index (χ1) is 34.4. The number of benzene rings is 3. The van der Waals surface area contributed by atoms with Gasteiger partial charge >= 0.3 is 5.97 Å². The number of aliphatic imine (C=N–C) groups is 1. The molecule has 0 saturated carbocycles. The molecule has 0 atom stereocenters. The van der Waals surface area contributed by atoms with E-state index in [1.165, 1.54) is 121 Å². The van der Waals surface area contributed by atoms with Gasteiger partial charge in [0.1, 0.15) is 5.75 Å². The van der Waals surface area contributed by atoms with Crippen molar-refractivity contribution in [2.45, 2.75) is 169 Å². The molecule has 3 aromatic carbocycles. The normalized spacial score (nSPS) is 11.8. The molecule has 0 radical (unpaired) electrons. The summed E-state index contributed by atoms with van der Waals surface area (Å²) < 4.78 is 38.8. The van der Waals surface area contributed by atoms with Crippen LogP contribution in [-0.4, -0.2) is 81.8 Å². The van der Waals surface area contributed by atoms with Crippen LogP contribution in [0, 0.1) is 6.92 Å². The Morgan fingerprint density at radius 1 is 0.732 bits per heavy atom. The van der Waals surface area contributed by atoms with Crippen LogP contribution in [0.1, 0.15) is 184 Å². The minimum absolute atomic E-state index is 0.0146. The number of fused-ring (bicyclic) bond motifs is 1. The van der Waals surface area contributed by atoms with Crippen LogP contribution in [-0.2, 0) is 19.6 Å². The van der Waals surface area contributed by atoms with Crippen LogP contribution >= 0.6 is 0 Å². The summed E-state index contributed by atoms with van der Waals surface area (Å²) in [5.41, 5.74) is 5.66. The predicted octanol–water partition coefficient (Wildman–Crippen LogP) is 12.2. The molecule has 0 unspecified atom stereocenters. The number of hydrogen-bond donors (Lipinski definition) is 3. The quantitative estimate of drug-likeness (QED) is 0.0224.